The van der Waals surface area contributed by atoms with E-state index in [2.05, 4.69) is 25.3 Å². The van der Waals surface area contributed by atoms with Crippen LogP contribution in [0.15, 0.2) is 35.7 Å². The molecule has 184 valence electrons. The van der Waals surface area contributed by atoms with Crippen LogP contribution in [0.4, 0.5) is 0 Å². The van der Waals surface area contributed by atoms with E-state index in [1.807, 2.05) is 34.1 Å². The van der Waals surface area contributed by atoms with Crippen LogP contribution in [0, 0.1) is 5.92 Å². The van der Waals surface area contributed by atoms with Gasteiger partial charge in [-0.1, -0.05) is 25.8 Å². The Labute approximate surface area is 206 Å². The van der Waals surface area contributed by atoms with Crippen molar-refractivity contribution < 1.29 is 19.1 Å². The van der Waals surface area contributed by atoms with Gasteiger partial charge in [-0.05, 0) is 61.7 Å². The highest BCUT2D eigenvalue weighted by Gasteiger charge is 2.36. The molecule has 1 aliphatic heterocycles. The third-order valence-electron chi connectivity index (χ3n) is 7.28. The molecule has 1 aliphatic carbocycles. The van der Waals surface area contributed by atoms with E-state index >= 15 is 0 Å². The van der Waals surface area contributed by atoms with Crippen molar-refractivity contribution in [2.75, 3.05) is 26.8 Å². The second-order valence-corrected chi connectivity index (χ2v) is 10.3. The van der Waals surface area contributed by atoms with Crippen molar-refractivity contribution in [1.29, 1.82) is 0 Å². The van der Waals surface area contributed by atoms with Crippen molar-refractivity contribution in [2.45, 2.75) is 64.5 Å². The number of rotatable bonds is 9. The minimum atomic E-state index is -0.172. The van der Waals surface area contributed by atoms with E-state index in [4.69, 9.17) is 9.47 Å². The Balaban J connectivity index is 1.51. The summed E-state index contributed by atoms with van der Waals surface area (Å²) in [7, 11) is 1.63. The van der Waals surface area contributed by atoms with Crippen LogP contribution >= 0.6 is 11.3 Å². The molecule has 0 unspecified atom stereocenters. The smallest absolute Gasteiger partial charge is 0.242 e. The summed E-state index contributed by atoms with van der Waals surface area (Å²) in [4.78, 5) is 32.0. The van der Waals surface area contributed by atoms with Crippen LogP contribution in [-0.2, 0) is 16.0 Å². The minimum Gasteiger partial charge on any atom is -0.497 e. The second-order valence-electron chi connectivity index (χ2n) is 9.35. The van der Waals surface area contributed by atoms with E-state index in [0.29, 0.717) is 18.9 Å². The van der Waals surface area contributed by atoms with Crippen LogP contribution in [-0.4, -0.2) is 54.5 Å². The van der Waals surface area contributed by atoms with E-state index in [9.17, 15) is 9.59 Å². The summed E-state index contributed by atoms with van der Waals surface area (Å²) in [5.41, 5.74) is 1.16. The molecule has 6 nitrogen and oxygen atoms in total. The molecule has 2 atom stereocenters. The number of amides is 2. The molecule has 1 aromatic carbocycles. The second kappa shape index (κ2) is 11.3. The fourth-order valence-corrected chi connectivity index (χ4v) is 5.98. The summed E-state index contributed by atoms with van der Waals surface area (Å²) >= 11 is 1.74. The molecule has 0 spiro atoms. The average molecular weight is 485 g/mol. The van der Waals surface area contributed by atoms with Crippen molar-refractivity contribution >= 4 is 23.2 Å². The minimum absolute atomic E-state index is 0.00254. The number of fused-ring (bicyclic) bond motifs is 1. The molecule has 0 radical (unpaired) electrons. The zero-order valence-corrected chi connectivity index (χ0v) is 21.3. The first kappa shape index (κ1) is 24.6. The van der Waals surface area contributed by atoms with Crippen LogP contribution in [0.5, 0.6) is 11.5 Å². The quantitative estimate of drug-likeness (QED) is 0.498. The van der Waals surface area contributed by atoms with Crippen LogP contribution in [0.25, 0.3) is 0 Å². The number of hydrogen-bond donors (Lipinski definition) is 0. The van der Waals surface area contributed by atoms with Crippen LogP contribution in [0.3, 0.4) is 0 Å². The predicted molar refractivity (Wildman–Crippen MR) is 134 cm³/mol. The third kappa shape index (κ3) is 5.40. The monoisotopic (exact) mass is 484 g/mol. The fourth-order valence-electron chi connectivity index (χ4n) is 5.06. The van der Waals surface area contributed by atoms with E-state index < -0.39 is 0 Å². The molecule has 1 fully saturated rings. The number of carbonyl (C=O) groups excluding carboxylic acids is 2. The lowest BCUT2D eigenvalue weighted by atomic mass is 10.00. The zero-order chi connectivity index (χ0) is 24.1. The Morgan fingerprint density at radius 3 is 2.71 bits per heavy atom. The maximum Gasteiger partial charge on any atom is 0.242 e. The standard InChI is InChI=1S/C27H36N2O4S/c1-4-19(2)29(27(31)20-8-5-6-9-20)17-26(30)28-14-12-25-23(13-15-34-25)24(28)18-33-22-11-7-10-21(16-22)32-3/h7,10-11,13,15-16,19-20,24H,4-6,8-9,12,14,17-18H2,1-3H3/t19-,24+/m0/s1. The Hall–Kier alpha value is -2.54. The predicted octanol–water partition coefficient (Wildman–Crippen LogP) is 5.08. The van der Waals surface area contributed by atoms with Crippen molar-refractivity contribution in [2.24, 2.45) is 5.92 Å². The Kier molecular flexibility index (Phi) is 8.14. The molecule has 0 bridgehead atoms. The van der Waals surface area contributed by atoms with Crippen LogP contribution < -0.4 is 9.47 Å². The molecule has 2 amide bonds. The first-order valence-corrected chi connectivity index (χ1v) is 13.3. The normalized spacial score (nSPS) is 18.9. The fraction of sp³-hybridized carbons (Fsp3) is 0.556. The van der Waals surface area contributed by atoms with E-state index in [1.165, 1.54) is 4.88 Å². The Morgan fingerprint density at radius 2 is 1.97 bits per heavy atom. The molecular formula is C27H36N2O4S. The summed E-state index contributed by atoms with van der Waals surface area (Å²) in [6.45, 7) is 5.27. The van der Waals surface area contributed by atoms with Crippen molar-refractivity contribution in [1.82, 2.24) is 9.80 Å². The van der Waals surface area contributed by atoms with Gasteiger partial charge >= 0.3 is 0 Å². The van der Waals surface area contributed by atoms with Gasteiger partial charge in [-0.15, -0.1) is 11.3 Å². The molecule has 34 heavy (non-hydrogen) atoms. The number of ether oxygens (including phenoxy) is 2. The van der Waals surface area contributed by atoms with Gasteiger partial charge in [0.05, 0.1) is 13.2 Å². The van der Waals surface area contributed by atoms with E-state index in [1.54, 1.807) is 18.4 Å². The van der Waals surface area contributed by atoms with Crippen molar-refractivity contribution in [3.63, 3.8) is 0 Å². The SMILES string of the molecule is CC[C@H](C)N(CC(=O)N1CCc2sccc2[C@H]1COc1cccc(OC)c1)C(=O)C1CCCC1. The molecular weight excluding hydrogens is 448 g/mol. The molecule has 2 aliphatic rings. The number of nitrogens with zero attached hydrogens (tertiary/aromatic N) is 2. The lowest BCUT2D eigenvalue weighted by Crippen LogP contribution is -2.51. The highest BCUT2D eigenvalue weighted by molar-refractivity contribution is 7.10. The van der Waals surface area contributed by atoms with Gasteiger partial charge in [-0.25, -0.2) is 0 Å². The lowest BCUT2D eigenvalue weighted by Gasteiger charge is -2.38. The summed E-state index contributed by atoms with van der Waals surface area (Å²) in [6, 6.07) is 9.51. The largest absolute Gasteiger partial charge is 0.497 e. The third-order valence-corrected chi connectivity index (χ3v) is 8.28. The van der Waals surface area contributed by atoms with Gasteiger partial charge in [0.15, 0.2) is 0 Å². The van der Waals surface area contributed by atoms with Gasteiger partial charge in [0.25, 0.3) is 0 Å². The highest BCUT2D eigenvalue weighted by Crippen LogP contribution is 2.35. The molecule has 1 saturated carbocycles. The van der Waals surface area contributed by atoms with E-state index in [-0.39, 0.29) is 36.4 Å². The topological polar surface area (TPSA) is 59.1 Å². The number of benzene rings is 1. The maximum atomic E-state index is 13.7. The average Bonchev–Trinajstić information content (AvgIpc) is 3.57. The lowest BCUT2D eigenvalue weighted by molar-refractivity contribution is -0.146. The highest BCUT2D eigenvalue weighted by atomic mass is 32.1. The van der Waals surface area contributed by atoms with Crippen molar-refractivity contribution in [3.05, 3.63) is 46.2 Å². The Morgan fingerprint density at radius 1 is 1.21 bits per heavy atom. The first-order chi connectivity index (χ1) is 16.5. The maximum absolute atomic E-state index is 13.7. The molecule has 0 saturated heterocycles. The van der Waals surface area contributed by atoms with Gasteiger partial charge in [0.1, 0.15) is 24.7 Å². The van der Waals surface area contributed by atoms with Gasteiger partial charge in [0, 0.05) is 29.4 Å². The van der Waals surface area contributed by atoms with Crippen LogP contribution in [0.1, 0.15) is 62.4 Å². The summed E-state index contributed by atoms with van der Waals surface area (Å²) in [5, 5.41) is 2.09. The van der Waals surface area contributed by atoms with Crippen molar-refractivity contribution in [3.8, 4) is 11.5 Å². The molecule has 2 heterocycles. The zero-order valence-electron chi connectivity index (χ0n) is 20.5. The Bertz CT molecular complexity index is 985. The number of thiophene rings is 1. The van der Waals surface area contributed by atoms with Gasteiger partial charge in [-0.3, -0.25) is 9.59 Å². The summed E-state index contributed by atoms with van der Waals surface area (Å²) in [6.07, 6.45) is 5.78. The van der Waals surface area contributed by atoms with Gasteiger partial charge < -0.3 is 19.3 Å². The first-order valence-electron chi connectivity index (χ1n) is 12.4. The van der Waals surface area contributed by atoms with E-state index in [0.717, 1.165) is 49.8 Å². The summed E-state index contributed by atoms with van der Waals surface area (Å²) in [5.74, 6) is 1.67. The number of carbonyl (C=O) groups is 2. The number of methoxy groups -OCH3 is 1. The number of hydrogen-bond acceptors (Lipinski definition) is 5. The molecule has 1 aromatic heterocycles. The molecule has 0 N–H and O–H groups in total. The molecule has 7 heteroatoms. The molecule has 2 aromatic rings. The summed E-state index contributed by atoms with van der Waals surface area (Å²) < 4.78 is 11.5. The van der Waals surface area contributed by atoms with Gasteiger partial charge in [-0.2, -0.15) is 0 Å². The molecule has 4 rings (SSSR count). The van der Waals surface area contributed by atoms with Gasteiger partial charge in [0.2, 0.25) is 11.8 Å². The van der Waals surface area contributed by atoms with Crippen LogP contribution in [0.2, 0.25) is 0 Å².